The highest BCUT2D eigenvalue weighted by atomic mass is 19.1. The van der Waals surface area contributed by atoms with Gasteiger partial charge in [-0.1, -0.05) is 30.3 Å². The van der Waals surface area contributed by atoms with Crippen molar-refractivity contribution in [2.24, 2.45) is 0 Å². The van der Waals surface area contributed by atoms with Crippen LogP contribution in [0, 0.1) is 15.9 Å². The van der Waals surface area contributed by atoms with Gasteiger partial charge in [0.15, 0.2) is 11.3 Å². The van der Waals surface area contributed by atoms with E-state index in [1.807, 2.05) is 24.3 Å². The molecule has 2 aromatic heterocycles. The molecule has 0 amide bonds. The van der Waals surface area contributed by atoms with Crippen LogP contribution in [-0.2, 0) is 0 Å². The maximum atomic E-state index is 14.0. The van der Waals surface area contributed by atoms with Crippen LogP contribution in [0.15, 0.2) is 72.8 Å². The van der Waals surface area contributed by atoms with Crippen molar-refractivity contribution in [2.75, 3.05) is 0 Å². The van der Waals surface area contributed by atoms with Gasteiger partial charge in [-0.05, 0) is 30.3 Å². The molecule has 3 aromatic carbocycles. The molecule has 0 unspecified atom stereocenters. The number of halogens is 1. The third-order valence-electron chi connectivity index (χ3n) is 4.55. The van der Waals surface area contributed by atoms with Gasteiger partial charge in [0, 0.05) is 17.7 Å². The van der Waals surface area contributed by atoms with Crippen molar-refractivity contribution in [1.82, 2.24) is 19.5 Å². The van der Waals surface area contributed by atoms with Crippen molar-refractivity contribution in [1.29, 1.82) is 0 Å². The fourth-order valence-corrected chi connectivity index (χ4v) is 3.27. The molecule has 0 aliphatic heterocycles. The Morgan fingerprint density at radius 2 is 1.62 bits per heavy atom. The summed E-state index contributed by atoms with van der Waals surface area (Å²) in [6.45, 7) is 0. The van der Waals surface area contributed by atoms with Crippen LogP contribution in [0.5, 0.6) is 0 Å². The first-order valence-electron chi connectivity index (χ1n) is 8.76. The van der Waals surface area contributed by atoms with Crippen LogP contribution in [0.4, 0.5) is 10.1 Å². The number of nitrogens with zero attached hydrogens (tertiary/aromatic N) is 5. The summed E-state index contributed by atoms with van der Waals surface area (Å²) in [5, 5.41) is 11.2. The van der Waals surface area contributed by atoms with Crippen LogP contribution in [0.25, 0.3) is 39.4 Å². The predicted octanol–water partition coefficient (Wildman–Crippen LogP) is 4.68. The first-order chi connectivity index (χ1) is 14.1. The summed E-state index contributed by atoms with van der Waals surface area (Å²) in [5.74, 6) is -0.0207. The molecule has 7 nitrogen and oxygen atoms in total. The van der Waals surface area contributed by atoms with Crippen molar-refractivity contribution in [2.45, 2.75) is 0 Å². The number of nitro benzene ring substituents is 1. The highest BCUT2D eigenvalue weighted by Crippen LogP contribution is 2.30. The maximum absolute atomic E-state index is 14.0. The molecule has 140 valence electrons. The van der Waals surface area contributed by atoms with E-state index < -0.39 is 10.7 Å². The SMILES string of the molecule is O=[N+]([O-])c1cccc(-c2nc3nc4ccccc4nc3n2-c2cccc(F)c2)c1. The lowest BCUT2D eigenvalue weighted by molar-refractivity contribution is -0.384. The Labute approximate surface area is 163 Å². The van der Waals surface area contributed by atoms with E-state index in [1.165, 1.54) is 24.3 Å². The zero-order chi connectivity index (χ0) is 20.0. The molecule has 2 heterocycles. The number of fused-ring (bicyclic) bond motifs is 2. The van der Waals surface area contributed by atoms with Crippen molar-refractivity contribution < 1.29 is 9.31 Å². The molecule has 0 fully saturated rings. The Morgan fingerprint density at radius 1 is 0.862 bits per heavy atom. The second-order valence-corrected chi connectivity index (χ2v) is 6.42. The Hall–Kier alpha value is -4.20. The largest absolute Gasteiger partial charge is 0.275 e. The normalized spacial score (nSPS) is 11.2. The van der Waals surface area contributed by atoms with Crippen LogP contribution < -0.4 is 0 Å². The van der Waals surface area contributed by atoms with Crippen LogP contribution in [0.1, 0.15) is 0 Å². The first kappa shape index (κ1) is 16.9. The summed E-state index contributed by atoms with van der Waals surface area (Å²) < 4.78 is 15.6. The maximum Gasteiger partial charge on any atom is 0.270 e. The van der Waals surface area contributed by atoms with Crippen molar-refractivity contribution in [3.63, 3.8) is 0 Å². The number of non-ortho nitro benzene ring substituents is 1. The molecule has 0 saturated heterocycles. The Kier molecular flexibility index (Phi) is 3.77. The number of hydrogen-bond acceptors (Lipinski definition) is 5. The standard InChI is InChI=1S/C21H12FN5O2/c22-14-6-4-7-15(12-14)26-20(13-5-3-8-16(11-13)27(28)29)25-19-21(26)24-18-10-2-1-9-17(18)23-19/h1-12H. The van der Waals surface area contributed by atoms with E-state index in [9.17, 15) is 14.5 Å². The van der Waals surface area contributed by atoms with Crippen molar-refractivity contribution in [3.8, 4) is 17.1 Å². The Bertz CT molecular complexity index is 1410. The lowest BCUT2D eigenvalue weighted by Gasteiger charge is -2.09. The van der Waals surface area contributed by atoms with Crippen LogP contribution in [0.2, 0.25) is 0 Å². The van der Waals surface area contributed by atoms with E-state index in [1.54, 1.807) is 28.8 Å². The minimum Gasteiger partial charge on any atom is -0.275 e. The fraction of sp³-hybridized carbons (Fsp3) is 0. The minimum absolute atomic E-state index is 0.0635. The Morgan fingerprint density at radius 3 is 2.38 bits per heavy atom. The van der Waals surface area contributed by atoms with Gasteiger partial charge in [0.1, 0.15) is 11.6 Å². The highest BCUT2D eigenvalue weighted by molar-refractivity contribution is 5.86. The smallest absolute Gasteiger partial charge is 0.270 e. The first-order valence-corrected chi connectivity index (χ1v) is 8.76. The summed E-state index contributed by atoms with van der Waals surface area (Å²) in [6.07, 6.45) is 0. The van der Waals surface area contributed by atoms with Gasteiger partial charge in [-0.25, -0.2) is 19.3 Å². The van der Waals surface area contributed by atoms with Gasteiger partial charge in [0.2, 0.25) is 0 Å². The second kappa shape index (κ2) is 6.45. The van der Waals surface area contributed by atoms with Gasteiger partial charge in [0.25, 0.3) is 5.69 Å². The number of aromatic nitrogens is 4. The number of benzene rings is 3. The van der Waals surface area contributed by atoms with E-state index in [4.69, 9.17) is 0 Å². The van der Waals surface area contributed by atoms with Crippen molar-refractivity contribution >= 4 is 28.0 Å². The van der Waals surface area contributed by atoms with Gasteiger partial charge in [-0.3, -0.25) is 14.7 Å². The monoisotopic (exact) mass is 385 g/mol. The molecular weight excluding hydrogens is 373 g/mol. The molecule has 0 bridgehead atoms. The summed E-state index contributed by atoms with van der Waals surface area (Å²) in [7, 11) is 0. The van der Waals surface area contributed by atoms with Gasteiger partial charge in [-0.15, -0.1) is 0 Å². The number of para-hydroxylation sites is 2. The topological polar surface area (TPSA) is 86.7 Å². The molecule has 5 aromatic rings. The molecule has 0 N–H and O–H groups in total. The summed E-state index contributed by atoms with van der Waals surface area (Å²) in [6, 6.07) is 19.5. The highest BCUT2D eigenvalue weighted by Gasteiger charge is 2.19. The lowest BCUT2D eigenvalue weighted by Crippen LogP contribution is -2.00. The number of nitro groups is 1. The number of rotatable bonds is 3. The lowest BCUT2D eigenvalue weighted by atomic mass is 10.2. The zero-order valence-electron chi connectivity index (χ0n) is 14.9. The van der Waals surface area contributed by atoms with Gasteiger partial charge < -0.3 is 0 Å². The van der Waals surface area contributed by atoms with Gasteiger partial charge in [-0.2, -0.15) is 0 Å². The van der Waals surface area contributed by atoms with E-state index in [2.05, 4.69) is 15.0 Å². The van der Waals surface area contributed by atoms with Crippen LogP contribution in [0.3, 0.4) is 0 Å². The van der Waals surface area contributed by atoms with Crippen LogP contribution in [-0.4, -0.2) is 24.4 Å². The van der Waals surface area contributed by atoms with E-state index in [0.717, 1.165) is 0 Å². The fourth-order valence-electron chi connectivity index (χ4n) is 3.27. The summed E-state index contributed by atoms with van der Waals surface area (Å²) in [5.41, 5.74) is 3.10. The third-order valence-corrected chi connectivity index (χ3v) is 4.55. The third kappa shape index (κ3) is 2.87. The van der Waals surface area contributed by atoms with Crippen LogP contribution >= 0.6 is 0 Å². The molecule has 29 heavy (non-hydrogen) atoms. The van der Waals surface area contributed by atoms with E-state index in [0.29, 0.717) is 39.4 Å². The van der Waals surface area contributed by atoms with Gasteiger partial charge >= 0.3 is 0 Å². The van der Waals surface area contributed by atoms with E-state index >= 15 is 0 Å². The number of hydrogen-bond donors (Lipinski definition) is 0. The Balaban J connectivity index is 1.87. The predicted molar refractivity (Wildman–Crippen MR) is 106 cm³/mol. The molecule has 0 spiro atoms. The van der Waals surface area contributed by atoms with Crippen molar-refractivity contribution in [3.05, 3.63) is 88.7 Å². The zero-order valence-corrected chi connectivity index (χ0v) is 14.9. The molecule has 0 saturated carbocycles. The molecule has 0 aliphatic rings. The molecular formula is C21H12FN5O2. The molecule has 5 rings (SSSR count). The van der Waals surface area contributed by atoms with E-state index in [-0.39, 0.29) is 5.69 Å². The summed E-state index contributed by atoms with van der Waals surface area (Å²) in [4.78, 5) is 24.6. The minimum atomic E-state index is -0.469. The average molecular weight is 385 g/mol. The second-order valence-electron chi connectivity index (χ2n) is 6.42. The van der Waals surface area contributed by atoms with Gasteiger partial charge in [0.05, 0.1) is 21.6 Å². The molecule has 8 heteroatoms. The molecule has 0 atom stereocenters. The average Bonchev–Trinajstić information content (AvgIpc) is 3.10. The summed E-state index contributed by atoms with van der Waals surface area (Å²) >= 11 is 0. The quantitative estimate of drug-likeness (QED) is 0.332. The number of imidazole rings is 1. The molecule has 0 radical (unpaired) electrons. The molecule has 0 aliphatic carbocycles.